The highest BCUT2D eigenvalue weighted by molar-refractivity contribution is 5.55. The topological polar surface area (TPSA) is 79.0 Å². The first-order valence-corrected chi connectivity index (χ1v) is 5.83. The highest BCUT2D eigenvalue weighted by Gasteiger charge is 2.21. The van der Waals surface area contributed by atoms with Crippen molar-refractivity contribution in [2.75, 3.05) is 0 Å². The van der Waals surface area contributed by atoms with Crippen molar-refractivity contribution in [3.8, 4) is 0 Å². The van der Waals surface area contributed by atoms with Gasteiger partial charge >= 0.3 is 0 Å². The van der Waals surface area contributed by atoms with E-state index in [1.807, 2.05) is 6.92 Å². The predicted molar refractivity (Wildman–Crippen MR) is 74.0 cm³/mol. The predicted octanol–water partition coefficient (Wildman–Crippen LogP) is 3.24. The van der Waals surface area contributed by atoms with Gasteiger partial charge in [-0.1, -0.05) is 20.4 Å². The first kappa shape index (κ1) is 16.1. The second kappa shape index (κ2) is 7.42. The molecule has 0 bridgehead atoms. The fourth-order valence-electron chi connectivity index (χ4n) is 1.36. The molecule has 1 aliphatic rings. The van der Waals surface area contributed by atoms with Gasteiger partial charge in [0, 0.05) is 11.3 Å². The molecule has 0 aliphatic carbocycles. The van der Waals surface area contributed by atoms with Crippen LogP contribution in [-0.4, -0.2) is 11.1 Å². The third-order valence-electron chi connectivity index (χ3n) is 2.58. The van der Waals surface area contributed by atoms with Gasteiger partial charge in [-0.15, -0.1) is 0 Å². The Morgan fingerprint density at radius 3 is 2.44 bits per heavy atom. The number of nitrogens with zero attached hydrogens (tertiary/aromatic N) is 1. The van der Waals surface area contributed by atoms with Crippen LogP contribution in [0.5, 0.6) is 0 Å². The summed E-state index contributed by atoms with van der Waals surface area (Å²) in [4.78, 5) is 10.1. The Bertz CT molecular complexity index is 408. The van der Waals surface area contributed by atoms with Gasteiger partial charge in [-0.05, 0) is 38.5 Å². The number of nitrogens with one attached hydrogen (secondary N) is 2. The molecule has 0 saturated heterocycles. The molecule has 1 heterocycles. The monoisotopic (exact) mass is 251 g/mol. The Morgan fingerprint density at radius 1 is 1.61 bits per heavy atom. The van der Waals surface area contributed by atoms with Gasteiger partial charge in [0.25, 0.3) is 5.70 Å². The van der Waals surface area contributed by atoms with E-state index in [0.29, 0.717) is 22.9 Å². The molecule has 5 heteroatoms. The van der Waals surface area contributed by atoms with Gasteiger partial charge in [0.2, 0.25) is 0 Å². The molecule has 1 aliphatic heterocycles. The van der Waals surface area contributed by atoms with Crippen LogP contribution < -0.4 is 5.32 Å². The second-order valence-corrected chi connectivity index (χ2v) is 4.26. The van der Waals surface area contributed by atoms with E-state index in [0.717, 1.165) is 6.42 Å². The minimum Gasteiger partial charge on any atom is -0.354 e. The zero-order valence-corrected chi connectivity index (χ0v) is 11.4. The average molecular weight is 251 g/mol. The highest BCUT2D eigenvalue weighted by atomic mass is 16.6. The zero-order chi connectivity index (χ0) is 14.3. The van der Waals surface area contributed by atoms with E-state index in [1.54, 1.807) is 19.9 Å². The van der Waals surface area contributed by atoms with E-state index >= 15 is 0 Å². The molecule has 5 nitrogen and oxygen atoms in total. The number of hydrogen-bond donors (Lipinski definition) is 2. The number of rotatable bonds is 3. The van der Waals surface area contributed by atoms with Crippen molar-refractivity contribution in [3.05, 3.63) is 45.4 Å². The molecule has 1 atom stereocenters. The maximum absolute atomic E-state index is 10.5. The minimum atomic E-state index is -0.388. The van der Waals surface area contributed by atoms with Crippen molar-refractivity contribution >= 4 is 6.21 Å². The molecule has 100 valence electrons. The Balaban J connectivity index is 0.000000411. The van der Waals surface area contributed by atoms with Crippen LogP contribution >= 0.6 is 0 Å². The number of allylic oxidation sites excluding steroid dienone is 3. The van der Waals surface area contributed by atoms with Crippen LogP contribution in [0.2, 0.25) is 0 Å². The summed E-state index contributed by atoms with van der Waals surface area (Å²) in [6.07, 6.45) is 4.22. The Kier molecular flexibility index (Phi) is 6.63. The summed E-state index contributed by atoms with van der Waals surface area (Å²) in [5.74, 6) is 0.477. The van der Waals surface area contributed by atoms with Crippen molar-refractivity contribution in [2.45, 2.75) is 34.1 Å². The van der Waals surface area contributed by atoms with Crippen LogP contribution in [0.25, 0.3) is 0 Å². The van der Waals surface area contributed by atoms with Crippen molar-refractivity contribution in [3.63, 3.8) is 0 Å². The summed E-state index contributed by atoms with van der Waals surface area (Å²) in [5.41, 5.74) is 2.02. The number of nitro groups is 1. The van der Waals surface area contributed by atoms with Gasteiger partial charge in [0.1, 0.15) is 0 Å². The fraction of sp³-hybridized carbons (Fsp3) is 0.462. The fourth-order valence-corrected chi connectivity index (χ4v) is 1.36. The molecule has 0 saturated carbocycles. The summed E-state index contributed by atoms with van der Waals surface area (Å²) < 4.78 is 0. The number of dihydropyridines is 1. The van der Waals surface area contributed by atoms with Crippen molar-refractivity contribution in [1.29, 1.82) is 5.41 Å². The molecular formula is C13H21N3O2. The zero-order valence-electron chi connectivity index (χ0n) is 11.4. The minimum absolute atomic E-state index is 0.141. The molecule has 0 radical (unpaired) electrons. The summed E-state index contributed by atoms with van der Waals surface area (Å²) in [7, 11) is 0. The van der Waals surface area contributed by atoms with Crippen molar-refractivity contribution in [2.24, 2.45) is 5.92 Å². The summed E-state index contributed by atoms with van der Waals surface area (Å²) in [6, 6.07) is 0. The Labute approximate surface area is 108 Å². The van der Waals surface area contributed by atoms with E-state index in [4.69, 9.17) is 5.41 Å². The molecular weight excluding hydrogens is 230 g/mol. The second-order valence-electron chi connectivity index (χ2n) is 4.26. The summed E-state index contributed by atoms with van der Waals surface area (Å²) >= 11 is 0. The van der Waals surface area contributed by atoms with Gasteiger partial charge in [0.05, 0.1) is 10.6 Å². The smallest absolute Gasteiger partial charge is 0.291 e. The molecule has 0 aromatic carbocycles. The van der Waals surface area contributed by atoms with Crippen molar-refractivity contribution < 1.29 is 4.92 Å². The largest absolute Gasteiger partial charge is 0.354 e. The van der Waals surface area contributed by atoms with Gasteiger partial charge in [-0.3, -0.25) is 10.1 Å². The standard InChI is InChI=1S/C8H10N2O2.C5H11N/c1-5-4-6(2)9-7(3)8(5)10(11)12;1-3-5(2)4-6/h4,9H,2H2,1,3H3;4-6H,3H2,1-2H3. The number of hydrogen-bond acceptors (Lipinski definition) is 4. The quantitative estimate of drug-likeness (QED) is 0.459. The Hall–Kier alpha value is -1.91. The van der Waals surface area contributed by atoms with Gasteiger partial charge in [-0.2, -0.15) is 0 Å². The van der Waals surface area contributed by atoms with E-state index in [1.165, 1.54) is 6.21 Å². The van der Waals surface area contributed by atoms with Crippen LogP contribution in [0.3, 0.4) is 0 Å². The molecule has 0 aromatic rings. The van der Waals surface area contributed by atoms with Crippen LogP contribution in [0.15, 0.2) is 35.3 Å². The normalized spacial score (nSPS) is 16.0. The maximum Gasteiger partial charge on any atom is 0.291 e. The molecule has 1 unspecified atom stereocenters. The molecule has 0 spiro atoms. The lowest BCUT2D eigenvalue weighted by atomic mass is 10.1. The molecule has 0 amide bonds. The molecule has 0 aromatic heterocycles. The van der Waals surface area contributed by atoms with Crippen LogP contribution in [-0.2, 0) is 0 Å². The molecule has 18 heavy (non-hydrogen) atoms. The first-order valence-electron chi connectivity index (χ1n) is 5.83. The molecule has 1 rings (SSSR count). The lowest BCUT2D eigenvalue weighted by Crippen LogP contribution is -2.19. The summed E-state index contributed by atoms with van der Waals surface area (Å²) in [6.45, 7) is 11.1. The van der Waals surface area contributed by atoms with E-state index in [9.17, 15) is 10.1 Å². The highest BCUT2D eigenvalue weighted by Crippen LogP contribution is 2.19. The third kappa shape index (κ3) is 4.95. The average Bonchev–Trinajstić information content (AvgIpc) is 2.26. The van der Waals surface area contributed by atoms with Gasteiger partial charge in [0.15, 0.2) is 0 Å². The SMILES string of the molecule is C=C1C=C(C)C([N+](=O)[O-])=C(C)N1.CCC(C)C=N. The van der Waals surface area contributed by atoms with E-state index in [2.05, 4.69) is 18.8 Å². The van der Waals surface area contributed by atoms with Gasteiger partial charge < -0.3 is 10.7 Å². The van der Waals surface area contributed by atoms with Gasteiger partial charge in [-0.25, -0.2) is 0 Å². The lowest BCUT2D eigenvalue weighted by Gasteiger charge is -2.13. The third-order valence-corrected chi connectivity index (χ3v) is 2.58. The van der Waals surface area contributed by atoms with E-state index in [-0.39, 0.29) is 10.6 Å². The molecule has 2 N–H and O–H groups in total. The summed E-state index contributed by atoms with van der Waals surface area (Å²) in [5, 5.41) is 20.0. The maximum atomic E-state index is 10.5. The Morgan fingerprint density at radius 2 is 2.17 bits per heavy atom. The van der Waals surface area contributed by atoms with Crippen LogP contribution in [0.1, 0.15) is 34.1 Å². The molecule has 0 fully saturated rings. The lowest BCUT2D eigenvalue weighted by molar-refractivity contribution is -0.422. The van der Waals surface area contributed by atoms with Crippen LogP contribution in [0.4, 0.5) is 0 Å². The van der Waals surface area contributed by atoms with E-state index < -0.39 is 0 Å². The first-order chi connectivity index (χ1) is 8.33. The van der Waals surface area contributed by atoms with Crippen molar-refractivity contribution in [1.82, 2.24) is 5.32 Å². The van der Waals surface area contributed by atoms with Crippen LogP contribution in [0, 0.1) is 21.4 Å².